The average Bonchev–Trinajstić information content (AvgIpc) is 2.61. The zero-order valence-electron chi connectivity index (χ0n) is 7.64. The van der Waals surface area contributed by atoms with Crippen LogP contribution in [-0.4, -0.2) is 25.0 Å². The van der Waals surface area contributed by atoms with Gasteiger partial charge in [-0.05, 0) is 25.2 Å². The zero-order valence-corrected chi connectivity index (χ0v) is 8.45. The highest BCUT2D eigenvalue weighted by Gasteiger charge is 2.03. The van der Waals surface area contributed by atoms with E-state index in [1.165, 1.54) is 0 Å². The number of rotatable bonds is 2. The van der Waals surface area contributed by atoms with Crippen molar-refractivity contribution < 1.29 is 0 Å². The summed E-state index contributed by atoms with van der Waals surface area (Å²) in [5.74, 6) is 0.728. The van der Waals surface area contributed by atoms with Gasteiger partial charge in [0.05, 0.1) is 12.4 Å². The Morgan fingerprint density at radius 1 is 1.50 bits per heavy atom. The number of aromatic amines is 1. The van der Waals surface area contributed by atoms with Crippen LogP contribution in [0.2, 0.25) is 0 Å². The van der Waals surface area contributed by atoms with E-state index in [2.05, 4.69) is 20.3 Å². The van der Waals surface area contributed by atoms with Gasteiger partial charge in [-0.2, -0.15) is 15.2 Å². The smallest absolute Gasteiger partial charge is 0.216 e. The lowest BCUT2D eigenvalue weighted by molar-refractivity contribution is 0.650. The van der Waals surface area contributed by atoms with E-state index in [-0.39, 0.29) is 0 Å². The van der Waals surface area contributed by atoms with Gasteiger partial charge in [0.25, 0.3) is 0 Å². The van der Waals surface area contributed by atoms with E-state index in [9.17, 15) is 0 Å². The molecule has 0 amide bonds. The molecule has 0 aromatic carbocycles. The molecule has 0 fully saturated rings. The Bertz CT molecular complexity index is 472. The molecule has 0 atom stereocenters. The summed E-state index contributed by atoms with van der Waals surface area (Å²) in [4.78, 5) is 4.21. The molecule has 0 spiro atoms. The van der Waals surface area contributed by atoms with Crippen molar-refractivity contribution in [3.05, 3.63) is 23.2 Å². The van der Waals surface area contributed by atoms with Crippen molar-refractivity contribution in [1.29, 1.82) is 0 Å². The van der Waals surface area contributed by atoms with Crippen LogP contribution in [0.1, 0.15) is 6.92 Å². The first-order chi connectivity index (χ1) is 6.81. The van der Waals surface area contributed by atoms with Crippen LogP contribution in [0.25, 0.3) is 11.4 Å². The summed E-state index contributed by atoms with van der Waals surface area (Å²) in [5, 5.41) is 10.5. The molecule has 2 aromatic rings. The minimum absolute atomic E-state index is 0.555. The Balaban J connectivity index is 2.48. The third-order valence-corrected chi connectivity index (χ3v) is 2.16. The van der Waals surface area contributed by atoms with Gasteiger partial charge in [-0.1, -0.05) is 0 Å². The molecule has 2 heterocycles. The number of hydrogen-bond donors (Lipinski definition) is 1. The Labute approximate surface area is 85.8 Å². The summed E-state index contributed by atoms with van der Waals surface area (Å²) >= 11 is 5.06. The maximum absolute atomic E-state index is 5.06. The van der Waals surface area contributed by atoms with Gasteiger partial charge in [0.15, 0.2) is 5.82 Å². The maximum atomic E-state index is 5.06. The highest BCUT2D eigenvalue weighted by Crippen LogP contribution is 2.11. The summed E-state index contributed by atoms with van der Waals surface area (Å²) in [7, 11) is 0. The Morgan fingerprint density at radius 2 is 2.36 bits per heavy atom. The molecule has 6 heteroatoms. The van der Waals surface area contributed by atoms with Crippen LogP contribution in [0, 0.1) is 4.77 Å². The molecule has 2 aromatic heterocycles. The molecule has 2 rings (SSSR count). The van der Waals surface area contributed by atoms with Crippen molar-refractivity contribution in [3.8, 4) is 11.4 Å². The predicted molar refractivity (Wildman–Crippen MR) is 54.1 cm³/mol. The van der Waals surface area contributed by atoms with Gasteiger partial charge in [0.1, 0.15) is 0 Å². The Kier molecular flexibility index (Phi) is 2.36. The van der Waals surface area contributed by atoms with E-state index in [0.717, 1.165) is 17.9 Å². The van der Waals surface area contributed by atoms with Gasteiger partial charge in [0, 0.05) is 12.1 Å². The van der Waals surface area contributed by atoms with Gasteiger partial charge in [0.2, 0.25) is 4.77 Å². The average molecular weight is 207 g/mol. The third-order valence-electron chi connectivity index (χ3n) is 1.85. The second-order valence-corrected chi connectivity index (χ2v) is 3.10. The molecule has 0 aliphatic heterocycles. The lowest BCUT2D eigenvalue weighted by Gasteiger charge is -1.94. The summed E-state index contributed by atoms with van der Waals surface area (Å²) in [5.41, 5.74) is 0.887. The highest BCUT2D eigenvalue weighted by atomic mass is 32.1. The van der Waals surface area contributed by atoms with Crippen molar-refractivity contribution in [2.75, 3.05) is 0 Å². The molecule has 0 radical (unpaired) electrons. The van der Waals surface area contributed by atoms with Crippen LogP contribution in [0.15, 0.2) is 18.5 Å². The third kappa shape index (κ3) is 1.56. The monoisotopic (exact) mass is 207 g/mol. The minimum Gasteiger partial charge on any atom is -0.279 e. The lowest BCUT2D eigenvalue weighted by atomic mass is 10.3. The molecular formula is C8H9N5S. The van der Waals surface area contributed by atoms with Crippen LogP contribution < -0.4 is 0 Å². The van der Waals surface area contributed by atoms with Crippen LogP contribution in [0.3, 0.4) is 0 Å². The number of hydrogen-bond acceptors (Lipinski definition) is 4. The second kappa shape index (κ2) is 3.67. The summed E-state index contributed by atoms with van der Waals surface area (Å²) < 4.78 is 2.35. The predicted octanol–water partition coefficient (Wildman–Crippen LogP) is 1.42. The lowest BCUT2D eigenvalue weighted by Crippen LogP contribution is -1.95. The fraction of sp³-hybridized carbons (Fsp3) is 0.250. The van der Waals surface area contributed by atoms with Gasteiger partial charge in [-0.25, -0.2) is 0 Å². The maximum Gasteiger partial charge on any atom is 0.216 e. The van der Waals surface area contributed by atoms with E-state index < -0.39 is 0 Å². The molecule has 0 aliphatic carbocycles. The van der Waals surface area contributed by atoms with Crippen molar-refractivity contribution in [3.63, 3.8) is 0 Å². The number of nitrogens with one attached hydrogen (secondary N) is 1. The van der Waals surface area contributed by atoms with Crippen molar-refractivity contribution in [2.45, 2.75) is 13.5 Å². The topological polar surface area (TPSA) is 59.4 Å². The molecule has 0 unspecified atom stereocenters. The van der Waals surface area contributed by atoms with Crippen LogP contribution >= 0.6 is 12.2 Å². The largest absolute Gasteiger partial charge is 0.279 e. The molecule has 0 aliphatic rings. The van der Waals surface area contributed by atoms with Gasteiger partial charge in [-0.3, -0.25) is 9.78 Å². The molecule has 14 heavy (non-hydrogen) atoms. The van der Waals surface area contributed by atoms with E-state index in [0.29, 0.717) is 4.77 Å². The number of H-pyrrole nitrogens is 1. The van der Waals surface area contributed by atoms with Crippen molar-refractivity contribution in [2.24, 2.45) is 0 Å². The molecule has 1 N–H and O–H groups in total. The van der Waals surface area contributed by atoms with E-state index >= 15 is 0 Å². The first kappa shape index (κ1) is 9.01. The molecular weight excluding hydrogens is 198 g/mol. The molecule has 0 saturated heterocycles. The Hall–Kier alpha value is -1.56. The van der Waals surface area contributed by atoms with E-state index in [1.54, 1.807) is 17.1 Å². The standard InChI is InChI=1S/C8H9N5S/c1-2-13-8(14)11-7(12-13)6-3-4-9-10-5-6/h3-5H,2H2,1H3,(H,11,12,14). The molecule has 0 saturated carbocycles. The molecule has 5 nitrogen and oxygen atoms in total. The quantitative estimate of drug-likeness (QED) is 0.756. The van der Waals surface area contributed by atoms with Crippen molar-refractivity contribution >= 4 is 12.2 Å². The SMILES string of the molecule is CCn1[nH]c(-c2ccnnc2)nc1=S. The van der Waals surface area contributed by atoms with E-state index in [4.69, 9.17) is 12.2 Å². The first-order valence-corrected chi connectivity index (χ1v) is 4.66. The zero-order chi connectivity index (χ0) is 9.97. The number of nitrogens with zero attached hydrogens (tertiary/aromatic N) is 4. The van der Waals surface area contributed by atoms with Crippen LogP contribution in [0.5, 0.6) is 0 Å². The first-order valence-electron chi connectivity index (χ1n) is 4.25. The highest BCUT2D eigenvalue weighted by molar-refractivity contribution is 7.71. The van der Waals surface area contributed by atoms with E-state index in [1.807, 2.05) is 13.0 Å². The summed E-state index contributed by atoms with van der Waals surface area (Å²) in [6.07, 6.45) is 3.27. The fourth-order valence-electron chi connectivity index (χ4n) is 1.13. The molecule has 72 valence electrons. The normalized spacial score (nSPS) is 10.4. The van der Waals surface area contributed by atoms with Gasteiger partial charge in [-0.15, -0.1) is 0 Å². The fourth-order valence-corrected chi connectivity index (χ4v) is 1.40. The summed E-state index contributed by atoms with van der Waals surface area (Å²) in [6, 6.07) is 1.83. The number of aromatic nitrogens is 5. The second-order valence-electron chi connectivity index (χ2n) is 2.73. The minimum atomic E-state index is 0.555. The van der Waals surface area contributed by atoms with Crippen LogP contribution in [-0.2, 0) is 6.54 Å². The van der Waals surface area contributed by atoms with Gasteiger partial charge < -0.3 is 0 Å². The summed E-state index contributed by atoms with van der Waals surface area (Å²) in [6.45, 7) is 2.78. The molecule has 0 bridgehead atoms. The van der Waals surface area contributed by atoms with Crippen LogP contribution in [0.4, 0.5) is 0 Å². The van der Waals surface area contributed by atoms with Gasteiger partial charge >= 0.3 is 0 Å². The number of aryl methyl sites for hydroxylation is 1. The Morgan fingerprint density at radius 3 is 2.93 bits per heavy atom. The van der Waals surface area contributed by atoms with Crippen molar-refractivity contribution in [1.82, 2.24) is 25.0 Å².